The number of carbonyl (C=O) groups is 2. The van der Waals surface area contributed by atoms with Crippen molar-refractivity contribution in [2.75, 3.05) is 23.2 Å². The van der Waals surface area contributed by atoms with Crippen molar-refractivity contribution in [2.24, 2.45) is 0 Å². The molecule has 2 aromatic carbocycles. The van der Waals surface area contributed by atoms with Crippen LogP contribution in [-0.4, -0.2) is 49.9 Å². The van der Waals surface area contributed by atoms with Gasteiger partial charge in [-0.2, -0.15) is 0 Å². The number of aromatic hydroxyl groups is 1. The number of aryl methyl sites for hydroxylation is 1. The van der Waals surface area contributed by atoms with Crippen LogP contribution in [0.15, 0.2) is 41.3 Å². The third-order valence-corrected chi connectivity index (χ3v) is 6.25. The van der Waals surface area contributed by atoms with Crippen LogP contribution in [0.1, 0.15) is 28.8 Å². The Morgan fingerprint density at radius 1 is 1.16 bits per heavy atom. The number of urea groups is 1. The fourth-order valence-electron chi connectivity index (χ4n) is 3.15. The largest absolute Gasteiger partial charge is 0.507 e. The van der Waals surface area contributed by atoms with Gasteiger partial charge < -0.3 is 25.6 Å². The van der Waals surface area contributed by atoms with E-state index < -0.39 is 33.3 Å². The summed E-state index contributed by atoms with van der Waals surface area (Å²) in [6, 6.07) is 7.56. The molecule has 0 spiro atoms. The monoisotopic (exact) mass is 449 g/mol. The molecule has 11 heteroatoms. The van der Waals surface area contributed by atoms with Gasteiger partial charge in [-0.25, -0.2) is 18.0 Å². The lowest BCUT2D eigenvalue weighted by Gasteiger charge is -2.13. The van der Waals surface area contributed by atoms with E-state index in [1.54, 1.807) is 0 Å². The Labute approximate surface area is 179 Å². The van der Waals surface area contributed by atoms with Crippen molar-refractivity contribution >= 4 is 33.4 Å². The van der Waals surface area contributed by atoms with E-state index in [4.69, 9.17) is 9.84 Å². The lowest BCUT2D eigenvalue weighted by molar-refractivity contribution is 0.0693. The second kappa shape index (κ2) is 9.23. The lowest BCUT2D eigenvalue weighted by atomic mass is 10.1. The molecular formula is C20H23N3O7S. The normalized spacial score (nSPS) is 16.0. The molecule has 0 bridgehead atoms. The van der Waals surface area contributed by atoms with Crippen LogP contribution in [0.3, 0.4) is 0 Å². The van der Waals surface area contributed by atoms with E-state index in [1.165, 1.54) is 31.2 Å². The van der Waals surface area contributed by atoms with E-state index in [9.17, 15) is 23.1 Å². The second-order valence-electron chi connectivity index (χ2n) is 7.09. The molecule has 2 aromatic rings. The maximum Gasteiger partial charge on any atom is 0.339 e. The number of nitrogens with one attached hydrogen (secondary N) is 3. The van der Waals surface area contributed by atoms with E-state index in [-0.39, 0.29) is 22.3 Å². The molecule has 0 saturated carbocycles. The molecule has 1 fully saturated rings. The Morgan fingerprint density at radius 3 is 2.45 bits per heavy atom. The van der Waals surface area contributed by atoms with E-state index in [0.29, 0.717) is 18.8 Å². The SMILES string of the molecule is Cc1cc(O)c(C(=O)O)cc1S(=O)(=O)Nc1ccc(NC(=O)NCC2CCCO2)cc1. The third kappa shape index (κ3) is 5.64. The average molecular weight is 449 g/mol. The fraction of sp³-hybridized carbons (Fsp3) is 0.300. The molecule has 0 aliphatic carbocycles. The summed E-state index contributed by atoms with van der Waals surface area (Å²) < 4.78 is 33.2. The highest BCUT2D eigenvalue weighted by atomic mass is 32.2. The summed E-state index contributed by atoms with van der Waals surface area (Å²) >= 11 is 0. The summed E-state index contributed by atoms with van der Waals surface area (Å²) in [5, 5.41) is 24.2. The minimum atomic E-state index is -4.11. The van der Waals surface area contributed by atoms with Crippen LogP contribution >= 0.6 is 0 Å². The molecule has 1 aliphatic rings. The smallest absolute Gasteiger partial charge is 0.339 e. The summed E-state index contributed by atoms with van der Waals surface area (Å²) in [4.78, 5) is 22.9. The lowest BCUT2D eigenvalue weighted by Crippen LogP contribution is -2.35. The first-order valence-corrected chi connectivity index (χ1v) is 11.0. The standard InChI is InChI=1S/C20H23N3O7S/c1-12-9-17(24)16(19(25)26)10-18(12)31(28,29)23-14-6-4-13(5-7-14)22-20(27)21-11-15-3-2-8-30-15/h4-7,9-10,15,23-24H,2-3,8,11H2,1H3,(H,25,26)(H2,21,22,27). The van der Waals surface area contributed by atoms with Crippen molar-refractivity contribution in [3.05, 3.63) is 47.5 Å². The molecular weight excluding hydrogens is 426 g/mol. The van der Waals surface area contributed by atoms with Crippen LogP contribution in [0.25, 0.3) is 0 Å². The van der Waals surface area contributed by atoms with Crippen LogP contribution in [0, 0.1) is 6.92 Å². The number of rotatable bonds is 7. The number of carboxylic acids is 1. The van der Waals surface area contributed by atoms with Gasteiger partial charge in [-0.3, -0.25) is 4.72 Å². The number of ether oxygens (including phenoxy) is 1. The first-order chi connectivity index (χ1) is 14.7. The fourth-order valence-corrected chi connectivity index (χ4v) is 4.46. The molecule has 1 saturated heterocycles. The van der Waals surface area contributed by atoms with Crippen LogP contribution in [0.4, 0.5) is 16.2 Å². The predicted octanol–water partition coefficient (Wildman–Crippen LogP) is 2.50. The van der Waals surface area contributed by atoms with Crippen molar-refractivity contribution in [2.45, 2.75) is 30.8 Å². The number of anilines is 2. The van der Waals surface area contributed by atoms with Crippen molar-refractivity contribution in [3.63, 3.8) is 0 Å². The molecule has 10 nitrogen and oxygen atoms in total. The first kappa shape index (κ1) is 22.4. The zero-order chi connectivity index (χ0) is 22.6. The van der Waals surface area contributed by atoms with Crippen molar-refractivity contribution < 1.29 is 33.0 Å². The van der Waals surface area contributed by atoms with E-state index in [2.05, 4.69) is 15.4 Å². The number of sulfonamides is 1. The molecule has 166 valence electrons. The summed E-state index contributed by atoms with van der Waals surface area (Å²) in [6.45, 7) is 2.56. The van der Waals surface area contributed by atoms with E-state index in [1.807, 2.05) is 0 Å². The Bertz CT molecular complexity index is 1080. The molecule has 2 amide bonds. The summed E-state index contributed by atoms with van der Waals surface area (Å²) in [5.41, 5.74) is 0.354. The van der Waals surface area contributed by atoms with Crippen LogP contribution in [0.5, 0.6) is 5.75 Å². The van der Waals surface area contributed by atoms with E-state index >= 15 is 0 Å². The number of amides is 2. The molecule has 1 aliphatic heterocycles. The topological polar surface area (TPSA) is 154 Å². The van der Waals surface area contributed by atoms with Gasteiger partial charge in [0.1, 0.15) is 11.3 Å². The van der Waals surface area contributed by atoms with Gasteiger partial charge in [-0.15, -0.1) is 0 Å². The summed E-state index contributed by atoms with van der Waals surface area (Å²) in [7, 11) is -4.11. The quantitative estimate of drug-likeness (QED) is 0.435. The summed E-state index contributed by atoms with van der Waals surface area (Å²) in [6.07, 6.45) is 1.91. The number of aromatic carboxylic acids is 1. The molecule has 5 N–H and O–H groups in total. The van der Waals surface area contributed by atoms with Crippen molar-refractivity contribution in [1.29, 1.82) is 0 Å². The molecule has 1 atom stereocenters. The van der Waals surface area contributed by atoms with Gasteiger partial charge in [0.05, 0.1) is 11.0 Å². The molecule has 3 rings (SSSR count). The van der Waals surface area contributed by atoms with Crippen LogP contribution in [0.2, 0.25) is 0 Å². The Balaban J connectivity index is 1.65. The second-order valence-corrected chi connectivity index (χ2v) is 8.74. The molecule has 1 heterocycles. The molecule has 0 radical (unpaired) electrons. The number of hydrogen-bond donors (Lipinski definition) is 5. The van der Waals surface area contributed by atoms with E-state index in [0.717, 1.165) is 25.0 Å². The predicted molar refractivity (Wildman–Crippen MR) is 113 cm³/mol. The molecule has 31 heavy (non-hydrogen) atoms. The van der Waals surface area contributed by atoms with Gasteiger partial charge >= 0.3 is 12.0 Å². The number of carbonyl (C=O) groups excluding carboxylic acids is 1. The zero-order valence-corrected chi connectivity index (χ0v) is 17.5. The van der Waals surface area contributed by atoms with Gasteiger partial charge in [-0.05, 0) is 61.7 Å². The summed E-state index contributed by atoms with van der Waals surface area (Å²) in [5.74, 6) is -1.96. The number of benzene rings is 2. The van der Waals surface area contributed by atoms with Crippen molar-refractivity contribution in [3.8, 4) is 5.75 Å². The average Bonchev–Trinajstić information content (AvgIpc) is 3.21. The highest BCUT2D eigenvalue weighted by Crippen LogP contribution is 2.27. The van der Waals surface area contributed by atoms with Gasteiger partial charge in [0.2, 0.25) is 0 Å². The number of phenols is 1. The Kier molecular flexibility index (Phi) is 6.66. The first-order valence-electron chi connectivity index (χ1n) is 9.52. The highest BCUT2D eigenvalue weighted by molar-refractivity contribution is 7.92. The Hall–Kier alpha value is -3.31. The minimum absolute atomic E-state index is 0.0209. The van der Waals surface area contributed by atoms with Gasteiger partial charge in [-0.1, -0.05) is 0 Å². The van der Waals surface area contributed by atoms with Gasteiger partial charge in [0, 0.05) is 24.5 Å². The number of carboxylic acid groups (broad SMARTS) is 1. The third-order valence-electron chi connectivity index (χ3n) is 4.72. The zero-order valence-electron chi connectivity index (χ0n) is 16.7. The van der Waals surface area contributed by atoms with Crippen molar-refractivity contribution in [1.82, 2.24) is 5.32 Å². The Morgan fingerprint density at radius 2 is 1.84 bits per heavy atom. The minimum Gasteiger partial charge on any atom is -0.507 e. The number of hydrogen-bond acceptors (Lipinski definition) is 6. The maximum atomic E-state index is 12.7. The molecule has 1 unspecified atom stereocenters. The van der Waals surface area contributed by atoms with Gasteiger partial charge in [0.15, 0.2) is 0 Å². The molecule has 0 aromatic heterocycles. The van der Waals surface area contributed by atoms with Crippen LogP contribution in [-0.2, 0) is 14.8 Å². The van der Waals surface area contributed by atoms with Crippen LogP contribution < -0.4 is 15.4 Å². The maximum absolute atomic E-state index is 12.7. The highest BCUT2D eigenvalue weighted by Gasteiger charge is 2.22. The van der Waals surface area contributed by atoms with Gasteiger partial charge in [0.25, 0.3) is 10.0 Å².